The van der Waals surface area contributed by atoms with Gasteiger partial charge in [-0.05, 0) is 30.0 Å². The zero-order valence-electron chi connectivity index (χ0n) is 9.69. The van der Waals surface area contributed by atoms with Crippen LogP contribution in [-0.2, 0) is 0 Å². The Kier molecular flexibility index (Phi) is 3.44. The molecule has 2 aromatic rings. The Morgan fingerprint density at radius 1 is 1.35 bits per heavy atom. The molecule has 0 aliphatic rings. The number of rotatable bonds is 3. The van der Waals surface area contributed by atoms with Crippen LogP contribution in [0, 0.1) is 6.92 Å². The number of anilines is 1. The molecule has 1 heterocycles. The number of methoxy groups -OCH3 is 1. The second-order valence-electron chi connectivity index (χ2n) is 3.61. The van der Waals surface area contributed by atoms with Crippen LogP contribution in [-0.4, -0.2) is 13.0 Å². The van der Waals surface area contributed by atoms with Gasteiger partial charge in [-0.1, -0.05) is 12.1 Å². The van der Waals surface area contributed by atoms with E-state index >= 15 is 0 Å². The number of thiophene rings is 1. The van der Waals surface area contributed by atoms with Crippen LogP contribution in [0.3, 0.4) is 0 Å². The van der Waals surface area contributed by atoms with E-state index in [0.29, 0.717) is 4.88 Å². The average Bonchev–Trinajstić information content (AvgIpc) is 2.85. The fourth-order valence-corrected chi connectivity index (χ4v) is 2.07. The molecule has 0 spiro atoms. The van der Waals surface area contributed by atoms with E-state index in [0.717, 1.165) is 17.0 Å². The van der Waals surface area contributed by atoms with Crippen molar-refractivity contribution in [2.75, 3.05) is 12.4 Å². The summed E-state index contributed by atoms with van der Waals surface area (Å²) in [6.07, 6.45) is 0. The Labute approximate surface area is 104 Å². The molecule has 0 aliphatic heterocycles. The molecule has 0 fully saturated rings. The summed E-state index contributed by atoms with van der Waals surface area (Å²) in [5.41, 5.74) is 1.79. The standard InChI is InChI=1S/C13H13NO2S/c1-9-5-6-10(16-2)8-11(9)14-13(15)12-4-3-7-17-12/h3-8H,1-2H3,(H,14,15). The molecule has 0 saturated heterocycles. The van der Waals surface area contributed by atoms with Crippen LogP contribution in [0.1, 0.15) is 15.2 Å². The largest absolute Gasteiger partial charge is 0.497 e. The Morgan fingerprint density at radius 2 is 2.18 bits per heavy atom. The van der Waals surface area contributed by atoms with Gasteiger partial charge in [0.05, 0.1) is 12.0 Å². The van der Waals surface area contributed by atoms with Crippen molar-refractivity contribution in [2.45, 2.75) is 6.92 Å². The summed E-state index contributed by atoms with van der Waals surface area (Å²) in [7, 11) is 1.61. The van der Waals surface area contributed by atoms with E-state index in [1.165, 1.54) is 11.3 Å². The van der Waals surface area contributed by atoms with E-state index in [1.54, 1.807) is 13.2 Å². The average molecular weight is 247 g/mol. The molecule has 1 amide bonds. The third-order valence-electron chi connectivity index (χ3n) is 2.44. The fraction of sp³-hybridized carbons (Fsp3) is 0.154. The Hall–Kier alpha value is -1.81. The second-order valence-corrected chi connectivity index (χ2v) is 4.56. The maximum atomic E-state index is 11.9. The molecule has 1 N–H and O–H groups in total. The van der Waals surface area contributed by atoms with Crippen molar-refractivity contribution in [1.29, 1.82) is 0 Å². The highest BCUT2D eigenvalue weighted by Crippen LogP contribution is 2.22. The lowest BCUT2D eigenvalue weighted by Crippen LogP contribution is -2.11. The minimum atomic E-state index is -0.0867. The predicted octanol–water partition coefficient (Wildman–Crippen LogP) is 3.32. The first kappa shape index (κ1) is 11.7. The lowest BCUT2D eigenvalue weighted by molar-refractivity contribution is 0.103. The van der Waals surface area contributed by atoms with E-state index < -0.39 is 0 Å². The summed E-state index contributed by atoms with van der Waals surface area (Å²) in [4.78, 5) is 12.6. The molecule has 0 bridgehead atoms. The Bertz CT molecular complexity index is 520. The molecule has 1 aromatic heterocycles. The molecule has 17 heavy (non-hydrogen) atoms. The number of hydrogen-bond donors (Lipinski definition) is 1. The quantitative estimate of drug-likeness (QED) is 0.903. The van der Waals surface area contributed by atoms with Gasteiger partial charge < -0.3 is 10.1 Å². The van der Waals surface area contributed by atoms with E-state index in [2.05, 4.69) is 5.32 Å². The van der Waals surface area contributed by atoms with Gasteiger partial charge in [0.1, 0.15) is 5.75 Å². The van der Waals surface area contributed by atoms with Crippen molar-refractivity contribution >= 4 is 22.9 Å². The SMILES string of the molecule is COc1ccc(C)c(NC(=O)c2cccs2)c1. The second kappa shape index (κ2) is 5.01. The first-order chi connectivity index (χ1) is 8.20. The van der Waals surface area contributed by atoms with Crippen LogP contribution in [0.15, 0.2) is 35.7 Å². The number of hydrogen-bond acceptors (Lipinski definition) is 3. The topological polar surface area (TPSA) is 38.3 Å². The maximum absolute atomic E-state index is 11.9. The zero-order valence-corrected chi connectivity index (χ0v) is 10.5. The van der Waals surface area contributed by atoms with Crippen LogP contribution in [0.25, 0.3) is 0 Å². The molecular weight excluding hydrogens is 234 g/mol. The zero-order chi connectivity index (χ0) is 12.3. The summed E-state index contributed by atoms with van der Waals surface area (Å²) in [6.45, 7) is 1.95. The number of amides is 1. The van der Waals surface area contributed by atoms with Crippen molar-refractivity contribution in [3.05, 3.63) is 46.2 Å². The predicted molar refractivity (Wildman–Crippen MR) is 70.0 cm³/mol. The van der Waals surface area contributed by atoms with Gasteiger partial charge in [0.15, 0.2) is 0 Å². The highest BCUT2D eigenvalue weighted by atomic mass is 32.1. The molecule has 2 rings (SSSR count). The summed E-state index contributed by atoms with van der Waals surface area (Å²) in [5.74, 6) is 0.647. The number of ether oxygens (including phenoxy) is 1. The summed E-state index contributed by atoms with van der Waals surface area (Å²) in [6, 6.07) is 9.27. The van der Waals surface area contributed by atoms with Gasteiger partial charge in [0.25, 0.3) is 5.91 Å². The highest BCUT2D eigenvalue weighted by molar-refractivity contribution is 7.12. The lowest BCUT2D eigenvalue weighted by Gasteiger charge is -2.09. The van der Waals surface area contributed by atoms with Crippen molar-refractivity contribution in [2.24, 2.45) is 0 Å². The summed E-state index contributed by atoms with van der Waals surface area (Å²) >= 11 is 1.42. The number of nitrogens with one attached hydrogen (secondary N) is 1. The van der Waals surface area contributed by atoms with Crippen LogP contribution >= 0.6 is 11.3 Å². The van der Waals surface area contributed by atoms with Crippen molar-refractivity contribution in [1.82, 2.24) is 0 Å². The molecule has 0 saturated carbocycles. The van der Waals surface area contributed by atoms with Gasteiger partial charge in [0, 0.05) is 11.8 Å². The van der Waals surface area contributed by atoms with Crippen molar-refractivity contribution in [3.63, 3.8) is 0 Å². The molecule has 4 heteroatoms. The number of carbonyl (C=O) groups is 1. The van der Waals surface area contributed by atoms with Gasteiger partial charge in [-0.25, -0.2) is 0 Å². The minimum absolute atomic E-state index is 0.0867. The lowest BCUT2D eigenvalue weighted by atomic mass is 10.2. The minimum Gasteiger partial charge on any atom is -0.497 e. The number of aryl methyl sites for hydroxylation is 1. The Balaban J connectivity index is 2.21. The van der Waals surface area contributed by atoms with E-state index in [-0.39, 0.29) is 5.91 Å². The fourth-order valence-electron chi connectivity index (χ4n) is 1.45. The normalized spacial score (nSPS) is 10.0. The van der Waals surface area contributed by atoms with E-state index in [1.807, 2.05) is 36.6 Å². The third kappa shape index (κ3) is 2.65. The van der Waals surface area contributed by atoms with Gasteiger partial charge >= 0.3 is 0 Å². The molecule has 0 radical (unpaired) electrons. The Morgan fingerprint density at radius 3 is 2.82 bits per heavy atom. The first-order valence-corrected chi connectivity index (χ1v) is 6.08. The maximum Gasteiger partial charge on any atom is 0.265 e. The number of carbonyl (C=O) groups excluding carboxylic acids is 1. The van der Waals surface area contributed by atoms with Crippen molar-refractivity contribution in [3.8, 4) is 5.75 Å². The molecule has 0 atom stereocenters. The molecule has 3 nitrogen and oxygen atoms in total. The molecule has 0 unspecified atom stereocenters. The number of benzene rings is 1. The van der Waals surface area contributed by atoms with Gasteiger partial charge in [-0.15, -0.1) is 11.3 Å². The summed E-state index contributed by atoms with van der Waals surface area (Å²) in [5, 5.41) is 4.76. The van der Waals surface area contributed by atoms with Crippen LogP contribution < -0.4 is 10.1 Å². The smallest absolute Gasteiger partial charge is 0.265 e. The third-order valence-corrected chi connectivity index (χ3v) is 3.31. The molecule has 1 aromatic carbocycles. The van der Waals surface area contributed by atoms with E-state index in [9.17, 15) is 4.79 Å². The van der Waals surface area contributed by atoms with Gasteiger partial charge in [0.2, 0.25) is 0 Å². The molecule has 0 aliphatic carbocycles. The van der Waals surface area contributed by atoms with E-state index in [4.69, 9.17) is 4.74 Å². The van der Waals surface area contributed by atoms with Crippen LogP contribution in [0.4, 0.5) is 5.69 Å². The van der Waals surface area contributed by atoms with Crippen LogP contribution in [0.5, 0.6) is 5.75 Å². The summed E-state index contributed by atoms with van der Waals surface area (Å²) < 4.78 is 5.13. The van der Waals surface area contributed by atoms with Gasteiger partial charge in [-0.3, -0.25) is 4.79 Å². The highest BCUT2D eigenvalue weighted by Gasteiger charge is 2.09. The van der Waals surface area contributed by atoms with Crippen LogP contribution in [0.2, 0.25) is 0 Å². The van der Waals surface area contributed by atoms with Crippen molar-refractivity contribution < 1.29 is 9.53 Å². The van der Waals surface area contributed by atoms with Gasteiger partial charge in [-0.2, -0.15) is 0 Å². The monoisotopic (exact) mass is 247 g/mol. The molecular formula is C13H13NO2S. The first-order valence-electron chi connectivity index (χ1n) is 5.20. The molecule has 88 valence electrons.